The first kappa shape index (κ1) is 13.7. The smallest absolute Gasteiger partial charge is 0.0738 e. The van der Waals surface area contributed by atoms with Gasteiger partial charge in [0.25, 0.3) is 0 Å². The second-order valence-corrected chi connectivity index (χ2v) is 6.38. The Balaban J connectivity index is 1.58. The number of hydrogen-bond donors (Lipinski definition) is 1. The van der Waals surface area contributed by atoms with E-state index in [0.717, 1.165) is 36.4 Å². The molecule has 110 valence electrons. The molecular weight excluding hydrogens is 248 g/mol. The topological polar surface area (TPSA) is 45.4 Å². The van der Waals surface area contributed by atoms with Crippen molar-refractivity contribution in [3.63, 3.8) is 0 Å². The van der Waals surface area contributed by atoms with Gasteiger partial charge < -0.3 is 10.6 Å². The number of nitrogens with two attached hydrogens (primary N) is 1. The van der Waals surface area contributed by atoms with Crippen molar-refractivity contribution in [1.82, 2.24) is 9.88 Å². The Labute approximate surface area is 122 Å². The zero-order valence-corrected chi connectivity index (χ0v) is 12.5. The molecule has 1 aliphatic heterocycles. The Morgan fingerprint density at radius 1 is 1.20 bits per heavy atom. The zero-order chi connectivity index (χ0) is 13.9. The fraction of sp³-hybridized carbons (Fsp3) is 0.688. The molecule has 2 atom stereocenters. The number of hydrogen-bond acceptors (Lipinski definition) is 4. The van der Waals surface area contributed by atoms with Crippen molar-refractivity contribution < 1.29 is 0 Å². The SMILES string of the molecule is CC1CCCC(N2CCN(c3ccncc3N)CC2)C1. The van der Waals surface area contributed by atoms with Crippen molar-refractivity contribution in [2.75, 3.05) is 36.8 Å². The molecule has 2 N–H and O–H groups in total. The minimum atomic E-state index is 0.798. The Bertz CT molecular complexity index is 440. The summed E-state index contributed by atoms with van der Waals surface area (Å²) in [5, 5.41) is 0. The zero-order valence-electron chi connectivity index (χ0n) is 12.5. The second kappa shape index (κ2) is 6.00. The number of pyridine rings is 1. The number of rotatable bonds is 2. The highest BCUT2D eigenvalue weighted by Gasteiger charge is 2.27. The third kappa shape index (κ3) is 2.90. The predicted octanol–water partition coefficient (Wildman–Crippen LogP) is 2.36. The lowest BCUT2D eigenvalue weighted by Crippen LogP contribution is -2.51. The first-order valence-corrected chi connectivity index (χ1v) is 7.92. The molecule has 1 aromatic heterocycles. The molecule has 3 rings (SSSR count). The molecule has 2 unspecified atom stereocenters. The van der Waals surface area contributed by atoms with Crippen molar-refractivity contribution in [3.8, 4) is 0 Å². The molecule has 0 radical (unpaired) electrons. The average molecular weight is 274 g/mol. The highest BCUT2D eigenvalue weighted by molar-refractivity contribution is 5.66. The molecule has 2 heterocycles. The summed E-state index contributed by atoms with van der Waals surface area (Å²) in [4.78, 5) is 9.17. The van der Waals surface area contributed by atoms with E-state index in [1.165, 1.54) is 38.8 Å². The van der Waals surface area contributed by atoms with Crippen LogP contribution >= 0.6 is 0 Å². The van der Waals surface area contributed by atoms with E-state index in [4.69, 9.17) is 5.73 Å². The minimum Gasteiger partial charge on any atom is -0.396 e. The van der Waals surface area contributed by atoms with Crippen LogP contribution in [0.1, 0.15) is 32.6 Å². The van der Waals surface area contributed by atoms with E-state index < -0.39 is 0 Å². The van der Waals surface area contributed by atoms with Crippen LogP contribution in [0.25, 0.3) is 0 Å². The summed E-state index contributed by atoms with van der Waals surface area (Å²) in [6.45, 7) is 6.90. The fourth-order valence-corrected chi connectivity index (χ4v) is 3.75. The maximum absolute atomic E-state index is 6.03. The van der Waals surface area contributed by atoms with E-state index >= 15 is 0 Å². The van der Waals surface area contributed by atoms with Crippen LogP contribution in [-0.4, -0.2) is 42.1 Å². The highest BCUT2D eigenvalue weighted by atomic mass is 15.3. The first-order valence-electron chi connectivity index (χ1n) is 7.92. The fourth-order valence-electron chi connectivity index (χ4n) is 3.75. The largest absolute Gasteiger partial charge is 0.396 e. The third-order valence-corrected chi connectivity index (χ3v) is 4.91. The van der Waals surface area contributed by atoms with Crippen LogP contribution in [0.2, 0.25) is 0 Å². The Morgan fingerprint density at radius 2 is 2.00 bits per heavy atom. The molecule has 20 heavy (non-hydrogen) atoms. The number of nitrogen functional groups attached to an aromatic ring is 1. The molecule has 4 nitrogen and oxygen atoms in total. The summed E-state index contributed by atoms with van der Waals surface area (Å²) >= 11 is 0. The van der Waals surface area contributed by atoms with E-state index in [2.05, 4.69) is 21.7 Å². The van der Waals surface area contributed by atoms with Gasteiger partial charge in [0.05, 0.1) is 17.6 Å². The van der Waals surface area contributed by atoms with E-state index in [1.807, 2.05) is 12.3 Å². The first-order chi connectivity index (χ1) is 9.74. The molecule has 1 aromatic rings. The lowest BCUT2D eigenvalue weighted by Gasteiger charge is -2.42. The summed E-state index contributed by atoms with van der Waals surface area (Å²) in [5.41, 5.74) is 7.98. The highest BCUT2D eigenvalue weighted by Crippen LogP contribution is 2.29. The van der Waals surface area contributed by atoms with Gasteiger partial charge in [0.15, 0.2) is 0 Å². The van der Waals surface area contributed by atoms with Crippen molar-refractivity contribution in [2.24, 2.45) is 5.92 Å². The monoisotopic (exact) mass is 274 g/mol. The second-order valence-electron chi connectivity index (χ2n) is 6.38. The van der Waals surface area contributed by atoms with Crippen LogP contribution in [0.3, 0.4) is 0 Å². The number of anilines is 2. The van der Waals surface area contributed by atoms with Gasteiger partial charge in [-0.3, -0.25) is 9.88 Å². The van der Waals surface area contributed by atoms with Crippen molar-refractivity contribution in [2.45, 2.75) is 38.6 Å². The van der Waals surface area contributed by atoms with Crippen LogP contribution in [-0.2, 0) is 0 Å². The van der Waals surface area contributed by atoms with Gasteiger partial charge in [-0.05, 0) is 24.8 Å². The molecule has 0 bridgehead atoms. The molecule has 0 aromatic carbocycles. The molecule has 2 aliphatic rings. The maximum atomic E-state index is 6.03. The summed E-state index contributed by atoms with van der Waals surface area (Å²) in [5.74, 6) is 0.905. The quantitative estimate of drug-likeness (QED) is 0.899. The van der Waals surface area contributed by atoms with E-state index in [9.17, 15) is 0 Å². The van der Waals surface area contributed by atoms with Crippen LogP contribution in [0.4, 0.5) is 11.4 Å². The summed E-state index contributed by atoms with van der Waals surface area (Å²) in [6.07, 6.45) is 9.19. The van der Waals surface area contributed by atoms with Gasteiger partial charge in [-0.1, -0.05) is 19.8 Å². The summed E-state index contributed by atoms with van der Waals surface area (Å²) in [7, 11) is 0. The van der Waals surface area contributed by atoms with Gasteiger partial charge in [0, 0.05) is 38.4 Å². The van der Waals surface area contributed by atoms with Gasteiger partial charge >= 0.3 is 0 Å². The molecule has 0 amide bonds. The van der Waals surface area contributed by atoms with E-state index in [-0.39, 0.29) is 0 Å². The number of nitrogens with zero attached hydrogens (tertiary/aromatic N) is 3. The van der Waals surface area contributed by atoms with E-state index in [0.29, 0.717) is 0 Å². The summed E-state index contributed by atoms with van der Waals surface area (Å²) in [6, 6.07) is 2.85. The van der Waals surface area contributed by atoms with E-state index in [1.54, 1.807) is 6.20 Å². The van der Waals surface area contributed by atoms with Crippen molar-refractivity contribution in [1.29, 1.82) is 0 Å². The number of piperazine rings is 1. The van der Waals surface area contributed by atoms with Crippen molar-refractivity contribution >= 4 is 11.4 Å². The molecule has 0 spiro atoms. The van der Waals surface area contributed by atoms with Gasteiger partial charge in [-0.25, -0.2) is 0 Å². The van der Waals surface area contributed by atoms with Crippen molar-refractivity contribution in [3.05, 3.63) is 18.5 Å². The molecule has 1 aliphatic carbocycles. The molecular formula is C16H26N4. The maximum Gasteiger partial charge on any atom is 0.0738 e. The molecule has 1 saturated heterocycles. The lowest BCUT2D eigenvalue weighted by molar-refractivity contribution is 0.127. The van der Waals surface area contributed by atoms with Crippen LogP contribution in [0, 0.1) is 5.92 Å². The Hall–Kier alpha value is -1.29. The number of aromatic nitrogens is 1. The Morgan fingerprint density at radius 3 is 2.70 bits per heavy atom. The van der Waals surface area contributed by atoms with Crippen LogP contribution in [0.5, 0.6) is 0 Å². The molecule has 2 fully saturated rings. The third-order valence-electron chi connectivity index (χ3n) is 4.91. The standard InChI is InChI=1S/C16H26N4/c1-13-3-2-4-14(11-13)19-7-9-20(10-8-19)16-5-6-18-12-15(16)17/h5-6,12-14H,2-4,7-11,17H2,1H3. The van der Waals surface area contributed by atoms with Gasteiger partial charge in [-0.2, -0.15) is 0 Å². The summed E-state index contributed by atoms with van der Waals surface area (Å²) < 4.78 is 0. The predicted molar refractivity (Wildman–Crippen MR) is 83.9 cm³/mol. The normalized spacial score (nSPS) is 28.6. The minimum absolute atomic E-state index is 0.798. The van der Waals surface area contributed by atoms with Crippen LogP contribution < -0.4 is 10.6 Å². The lowest BCUT2D eigenvalue weighted by atomic mass is 9.86. The van der Waals surface area contributed by atoms with Crippen LogP contribution in [0.15, 0.2) is 18.5 Å². The van der Waals surface area contributed by atoms with Gasteiger partial charge in [-0.15, -0.1) is 0 Å². The molecule has 1 saturated carbocycles. The van der Waals surface area contributed by atoms with Gasteiger partial charge in [0.2, 0.25) is 0 Å². The average Bonchev–Trinajstić information content (AvgIpc) is 2.48. The Kier molecular flexibility index (Phi) is 4.10. The molecule has 4 heteroatoms. The van der Waals surface area contributed by atoms with Gasteiger partial charge in [0.1, 0.15) is 0 Å².